The van der Waals surface area contributed by atoms with Crippen LogP contribution >= 0.6 is 0 Å². The molecule has 0 saturated carbocycles. The van der Waals surface area contributed by atoms with E-state index in [9.17, 15) is 0 Å². The molecule has 1 aromatic rings. The Morgan fingerprint density at radius 1 is 1.29 bits per heavy atom. The molecule has 0 aliphatic carbocycles. The Morgan fingerprint density at radius 2 is 2.00 bits per heavy atom. The topological polar surface area (TPSA) is 24.1 Å². The van der Waals surface area contributed by atoms with E-state index in [-0.39, 0.29) is 0 Å². The van der Waals surface area contributed by atoms with Crippen LogP contribution in [0.5, 0.6) is 0 Å². The molecule has 0 bridgehead atoms. The molecule has 94 valence electrons. The molecule has 1 saturated heterocycles. The largest absolute Gasteiger partial charge is 0.316 e. The first-order valence-corrected chi connectivity index (χ1v) is 6.62. The fourth-order valence-corrected chi connectivity index (χ4v) is 2.54. The lowest BCUT2D eigenvalue weighted by atomic mass is 9.85. The van der Waals surface area contributed by atoms with E-state index in [0.29, 0.717) is 12.0 Å². The zero-order valence-electron chi connectivity index (χ0n) is 11.4. The van der Waals surface area contributed by atoms with Crippen LogP contribution in [0.25, 0.3) is 0 Å². The van der Waals surface area contributed by atoms with Crippen LogP contribution in [0.15, 0.2) is 18.2 Å². The Kier molecular flexibility index (Phi) is 3.85. The smallest absolute Gasteiger partial charge is 0.0373 e. The van der Waals surface area contributed by atoms with Crippen LogP contribution in [0.3, 0.4) is 0 Å². The quantitative estimate of drug-likeness (QED) is 0.834. The summed E-state index contributed by atoms with van der Waals surface area (Å²) >= 11 is 0. The lowest BCUT2D eigenvalue weighted by Gasteiger charge is -2.36. The third kappa shape index (κ3) is 2.53. The van der Waals surface area contributed by atoms with Crippen molar-refractivity contribution in [1.82, 2.24) is 10.6 Å². The summed E-state index contributed by atoms with van der Waals surface area (Å²) in [5, 5.41) is 6.85. The number of benzene rings is 1. The number of aryl methyl sites for hydroxylation is 1. The highest BCUT2D eigenvalue weighted by molar-refractivity contribution is 5.35. The highest BCUT2D eigenvalue weighted by atomic mass is 15.0. The number of nitrogens with one attached hydrogen (secondary N) is 2. The molecule has 2 heteroatoms. The van der Waals surface area contributed by atoms with Gasteiger partial charge >= 0.3 is 0 Å². The maximum Gasteiger partial charge on any atom is 0.0373 e. The van der Waals surface area contributed by atoms with E-state index in [2.05, 4.69) is 56.7 Å². The molecule has 1 atom stereocenters. The van der Waals surface area contributed by atoms with Gasteiger partial charge in [-0.15, -0.1) is 0 Å². The molecule has 1 aromatic carbocycles. The fraction of sp³-hybridized carbons (Fsp3) is 0.600. The summed E-state index contributed by atoms with van der Waals surface area (Å²) in [5.41, 5.74) is 4.32. The zero-order chi connectivity index (χ0) is 12.4. The Morgan fingerprint density at radius 3 is 2.47 bits per heavy atom. The van der Waals surface area contributed by atoms with Gasteiger partial charge in [-0.25, -0.2) is 0 Å². The van der Waals surface area contributed by atoms with Crippen LogP contribution < -0.4 is 10.6 Å². The molecule has 1 aliphatic rings. The van der Waals surface area contributed by atoms with E-state index in [1.165, 1.54) is 16.7 Å². The van der Waals surface area contributed by atoms with Crippen molar-refractivity contribution >= 4 is 0 Å². The van der Waals surface area contributed by atoms with Gasteiger partial charge < -0.3 is 10.6 Å². The Hall–Kier alpha value is -0.860. The van der Waals surface area contributed by atoms with Crippen molar-refractivity contribution in [2.24, 2.45) is 5.92 Å². The maximum atomic E-state index is 3.49. The maximum absolute atomic E-state index is 3.49. The molecule has 1 aliphatic heterocycles. The van der Waals surface area contributed by atoms with Crippen LogP contribution in [0.2, 0.25) is 0 Å². The van der Waals surface area contributed by atoms with Crippen LogP contribution in [0, 0.1) is 12.8 Å². The highest BCUT2D eigenvalue weighted by Crippen LogP contribution is 2.29. The molecule has 2 nitrogen and oxygen atoms in total. The molecule has 17 heavy (non-hydrogen) atoms. The average molecular weight is 232 g/mol. The predicted molar refractivity (Wildman–Crippen MR) is 73.4 cm³/mol. The SMILES string of the molecule is CNC(c1cc(C(C)C)ccc1C)C1CNC1. The highest BCUT2D eigenvalue weighted by Gasteiger charge is 2.28. The van der Waals surface area contributed by atoms with E-state index in [0.717, 1.165) is 19.0 Å². The van der Waals surface area contributed by atoms with Crippen LogP contribution in [0.4, 0.5) is 0 Å². The van der Waals surface area contributed by atoms with Gasteiger partial charge in [-0.05, 0) is 36.6 Å². The van der Waals surface area contributed by atoms with Gasteiger partial charge in [0.25, 0.3) is 0 Å². The van der Waals surface area contributed by atoms with Crippen molar-refractivity contribution in [3.63, 3.8) is 0 Å². The minimum atomic E-state index is 0.495. The summed E-state index contributed by atoms with van der Waals surface area (Å²) in [6, 6.07) is 7.41. The number of hydrogen-bond donors (Lipinski definition) is 2. The molecule has 2 rings (SSSR count). The molecule has 1 unspecified atom stereocenters. The minimum Gasteiger partial charge on any atom is -0.316 e. The monoisotopic (exact) mass is 232 g/mol. The van der Waals surface area contributed by atoms with Crippen molar-refractivity contribution in [3.05, 3.63) is 34.9 Å². The summed E-state index contributed by atoms with van der Waals surface area (Å²) in [4.78, 5) is 0. The van der Waals surface area contributed by atoms with Gasteiger partial charge in [0.1, 0.15) is 0 Å². The van der Waals surface area contributed by atoms with Gasteiger partial charge in [0.15, 0.2) is 0 Å². The molecule has 1 heterocycles. The van der Waals surface area contributed by atoms with Crippen molar-refractivity contribution < 1.29 is 0 Å². The van der Waals surface area contributed by atoms with Gasteiger partial charge in [-0.1, -0.05) is 32.0 Å². The minimum absolute atomic E-state index is 0.495. The Bertz CT molecular complexity index is 381. The molecule has 2 N–H and O–H groups in total. The third-order valence-corrected chi connectivity index (χ3v) is 3.90. The van der Waals surface area contributed by atoms with Crippen LogP contribution in [-0.2, 0) is 0 Å². The average Bonchev–Trinajstić information content (AvgIpc) is 2.24. The first-order chi connectivity index (χ1) is 8.13. The van der Waals surface area contributed by atoms with Crippen molar-refractivity contribution in [2.45, 2.75) is 32.7 Å². The summed E-state index contributed by atoms with van der Waals surface area (Å²) in [7, 11) is 2.07. The van der Waals surface area contributed by atoms with Crippen molar-refractivity contribution in [3.8, 4) is 0 Å². The second-order valence-corrected chi connectivity index (χ2v) is 5.46. The van der Waals surface area contributed by atoms with Gasteiger partial charge in [0.05, 0.1) is 0 Å². The molecule has 0 radical (unpaired) electrons. The van der Waals surface area contributed by atoms with E-state index < -0.39 is 0 Å². The molecular formula is C15H24N2. The molecular weight excluding hydrogens is 208 g/mol. The zero-order valence-corrected chi connectivity index (χ0v) is 11.4. The summed E-state index contributed by atoms with van der Waals surface area (Å²) in [6.45, 7) is 9.00. The van der Waals surface area contributed by atoms with Crippen LogP contribution in [-0.4, -0.2) is 20.1 Å². The predicted octanol–water partition coefficient (Wildman–Crippen LogP) is 2.60. The first-order valence-electron chi connectivity index (χ1n) is 6.62. The van der Waals surface area contributed by atoms with E-state index in [4.69, 9.17) is 0 Å². The summed E-state index contributed by atoms with van der Waals surface area (Å²) < 4.78 is 0. The van der Waals surface area contributed by atoms with Crippen LogP contribution in [0.1, 0.15) is 42.5 Å². The van der Waals surface area contributed by atoms with E-state index in [1.54, 1.807) is 0 Å². The Balaban J connectivity index is 2.30. The Labute approximate surface area is 105 Å². The van der Waals surface area contributed by atoms with Gasteiger partial charge in [0, 0.05) is 25.0 Å². The summed E-state index contributed by atoms with van der Waals surface area (Å²) in [6.07, 6.45) is 0. The number of hydrogen-bond acceptors (Lipinski definition) is 2. The van der Waals surface area contributed by atoms with Gasteiger partial charge in [-0.3, -0.25) is 0 Å². The normalized spacial score (nSPS) is 18.2. The first kappa shape index (κ1) is 12.6. The fourth-order valence-electron chi connectivity index (χ4n) is 2.54. The van der Waals surface area contributed by atoms with E-state index >= 15 is 0 Å². The third-order valence-electron chi connectivity index (χ3n) is 3.90. The number of rotatable bonds is 4. The second-order valence-electron chi connectivity index (χ2n) is 5.46. The second kappa shape index (κ2) is 5.19. The molecule has 0 aromatic heterocycles. The lowest BCUT2D eigenvalue weighted by molar-refractivity contribution is 0.267. The van der Waals surface area contributed by atoms with Crippen molar-refractivity contribution in [2.75, 3.05) is 20.1 Å². The summed E-state index contributed by atoms with van der Waals surface area (Å²) in [5.74, 6) is 1.34. The van der Waals surface area contributed by atoms with Gasteiger partial charge in [0.2, 0.25) is 0 Å². The molecule has 1 fully saturated rings. The molecule has 0 spiro atoms. The van der Waals surface area contributed by atoms with E-state index in [1.807, 2.05) is 0 Å². The standard InChI is InChI=1S/C15H24N2/c1-10(2)12-6-5-11(3)14(7-12)15(16-4)13-8-17-9-13/h5-7,10,13,15-17H,8-9H2,1-4H3. The van der Waals surface area contributed by atoms with Crippen molar-refractivity contribution in [1.29, 1.82) is 0 Å². The lowest BCUT2D eigenvalue weighted by Crippen LogP contribution is -2.48. The van der Waals surface area contributed by atoms with Gasteiger partial charge in [-0.2, -0.15) is 0 Å². The molecule has 0 amide bonds.